The molecular weight excluding hydrogens is 184 g/mol. The van der Waals surface area contributed by atoms with Gasteiger partial charge in [-0.1, -0.05) is 0 Å². The molecule has 0 radical (unpaired) electrons. The lowest BCUT2D eigenvalue weighted by Crippen LogP contribution is -2.27. The van der Waals surface area contributed by atoms with Crippen LogP contribution in [0.25, 0.3) is 0 Å². The quantitative estimate of drug-likeness (QED) is 0.808. The smallest absolute Gasteiger partial charge is 0.111 e. The van der Waals surface area contributed by atoms with E-state index < -0.39 is 5.60 Å². The number of thiophene rings is 1. The zero-order chi connectivity index (χ0) is 9.90. The third-order valence-corrected chi connectivity index (χ3v) is 2.80. The molecule has 0 aliphatic heterocycles. The van der Waals surface area contributed by atoms with Crippen LogP contribution in [0.5, 0.6) is 0 Å². The van der Waals surface area contributed by atoms with Crippen molar-refractivity contribution in [3.63, 3.8) is 0 Å². The van der Waals surface area contributed by atoms with Crippen molar-refractivity contribution < 1.29 is 9.84 Å². The van der Waals surface area contributed by atoms with Gasteiger partial charge in [-0.25, -0.2) is 0 Å². The lowest BCUT2D eigenvalue weighted by atomic mass is 10.0. The van der Waals surface area contributed by atoms with Gasteiger partial charge in [0.2, 0.25) is 0 Å². The Hall–Kier alpha value is -0.380. The normalized spacial score (nSPS) is 15.7. The molecular formula is C10H16O2S. The first-order valence-electron chi connectivity index (χ1n) is 4.42. The van der Waals surface area contributed by atoms with Gasteiger partial charge in [0.1, 0.15) is 5.60 Å². The van der Waals surface area contributed by atoms with Gasteiger partial charge >= 0.3 is 0 Å². The molecule has 1 atom stereocenters. The molecule has 0 spiro atoms. The summed E-state index contributed by atoms with van der Waals surface area (Å²) in [6, 6.07) is 2.00. The van der Waals surface area contributed by atoms with Crippen LogP contribution >= 0.6 is 11.3 Å². The number of hydrogen-bond acceptors (Lipinski definition) is 3. The largest absolute Gasteiger partial charge is 0.383 e. The van der Waals surface area contributed by atoms with E-state index in [4.69, 9.17) is 4.74 Å². The highest BCUT2D eigenvalue weighted by atomic mass is 32.1. The molecule has 0 saturated carbocycles. The summed E-state index contributed by atoms with van der Waals surface area (Å²) in [7, 11) is 0. The average molecular weight is 200 g/mol. The highest BCUT2D eigenvalue weighted by Gasteiger charge is 2.23. The molecule has 0 amide bonds. The van der Waals surface area contributed by atoms with Crippen molar-refractivity contribution in [3.05, 3.63) is 21.9 Å². The molecule has 1 rings (SSSR count). The number of ether oxygens (including phenoxy) is 1. The molecule has 0 fully saturated rings. The van der Waals surface area contributed by atoms with E-state index in [9.17, 15) is 5.11 Å². The first-order valence-corrected chi connectivity index (χ1v) is 5.30. The summed E-state index contributed by atoms with van der Waals surface area (Å²) >= 11 is 1.65. The van der Waals surface area contributed by atoms with Crippen molar-refractivity contribution in [2.75, 3.05) is 13.2 Å². The fourth-order valence-electron chi connectivity index (χ4n) is 1.11. The van der Waals surface area contributed by atoms with Crippen molar-refractivity contribution in [1.82, 2.24) is 0 Å². The van der Waals surface area contributed by atoms with Gasteiger partial charge in [-0.3, -0.25) is 0 Å². The number of aliphatic hydroxyl groups is 1. The zero-order valence-corrected chi connectivity index (χ0v) is 9.15. The van der Waals surface area contributed by atoms with E-state index in [1.165, 1.54) is 4.88 Å². The van der Waals surface area contributed by atoms with Gasteiger partial charge in [-0.15, -0.1) is 11.3 Å². The molecule has 3 heteroatoms. The summed E-state index contributed by atoms with van der Waals surface area (Å²) in [4.78, 5) is 1.21. The Labute approximate surface area is 83.2 Å². The van der Waals surface area contributed by atoms with Crippen molar-refractivity contribution in [2.45, 2.75) is 26.4 Å². The van der Waals surface area contributed by atoms with Gasteiger partial charge in [0, 0.05) is 11.5 Å². The Bertz CT molecular complexity index is 266. The van der Waals surface area contributed by atoms with Crippen LogP contribution in [-0.4, -0.2) is 18.3 Å². The van der Waals surface area contributed by atoms with Gasteiger partial charge < -0.3 is 9.84 Å². The maximum atomic E-state index is 10.0. The van der Waals surface area contributed by atoms with E-state index in [1.54, 1.807) is 18.3 Å². The van der Waals surface area contributed by atoms with Crippen molar-refractivity contribution in [2.24, 2.45) is 0 Å². The minimum atomic E-state index is -0.846. The van der Waals surface area contributed by atoms with Crippen molar-refractivity contribution in [1.29, 1.82) is 0 Å². The Morgan fingerprint density at radius 2 is 2.31 bits per heavy atom. The average Bonchev–Trinajstić information content (AvgIpc) is 2.49. The van der Waals surface area contributed by atoms with Gasteiger partial charge in [-0.2, -0.15) is 0 Å². The van der Waals surface area contributed by atoms with Gasteiger partial charge in [0.05, 0.1) is 6.61 Å². The van der Waals surface area contributed by atoms with Crippen molar-refractivity contribution in [3.8, 4) is 0 Å². The molecule has 1 aromatic heterocycles. The minimum absolute atomic E-state index is 0.361. The highest BCUT2D eigenvalue weighted by Crippen LogP contribution is 2.25. The summed E-state index contributed by atoms with van der Waals surface area (Å²) in [6.45, 7) is 6.74. The second kappa shape index (κ2) is 4.22. The van der Waals surface area contributed by atoms with E-state index in [1.807, 2.05) is 25.3 Å². The molecule has 74 valence electrons. The molecule has 13 heavy (non-hydrogen) atoms. The first-order chi connectivity index (χ1) is 6.06. The maximum Gasteiger partial charge on any atom is 0.111 e. The number of hydrogen-bond donors (Lipinski definition) is 1. The van der Waals surface area contributed by atoms with Crippen LogP contribution in [0.4, 0.5) is 0 Å². The predicted molar refractivity (Wildman–Crippen MR) is 55.1 cm³/mol. The molecule has 0 aliphatic rings. The predicted octanol–water partition coefficient (Wildman–Crippen LogP) is 2.30. The molecule has 0 aromatic carbocycles. The maximum absolute atomic E-state index is 10.0. The van der Waals surface area contributed by atoms with Crippen LogP contribution < -0.4 is 0 Å². The monoisotopic (exact) mass is 200 g/mol. The molecule has 1 N–H and O–H groups in total. The van der Waals surface area contributed by atoms with Crippen molar-refractivity contribution >= 4 is 11.3 Å². The van der Waals surface area contributed by atoms with Crippen LogP contribution in [0.2, 0.25) is 0 Å². The van der Waals surface area contributed by atoms with E-state index in [0.29, 0.717) is 13.2 Å². The molecule has 0 bridgehead atoms. The van der Waals surface area contributed by atoms with Crippen LogP contribution in [0.3, 0.4) is 0 Å². The summed E-state index contributed by atoms with van der Waals surface area (Å²) in [5.41, 5.74) is 0.101. The molecule has 0 saturated heterocycles. The SMILES string of the molecule is CCOCC(C)(O)c1csc(C)c1. The fourth-order valence-corrected chi connectivity index (χ4v) is 1.94. The number of rotatable bonds is 4. The Morgan fingerprint density at radius 1 is 1.62 bits per heavy atom. The topological polar surface area (TPSA) is 29.5 Å². The third kappa shape index (κ3) is 2.79. The first kappa shape index (κ1) is 10.7. The standard InChI is InChI=1S/C10H16O2S/c1-4-12-7-10(3,11)9-5-8(2)13-6-9/h5-6,11H,4,7H2,1-3H3. The molecule has 2 nitrogen and oxygen atoms in total. The van der Waals surface area contributed by atoms with Gasteiger partial charge in [-0.05, 0) is 37.8 Å². The van der Waals surface area contributed by atoms with E-state index >= 15 is 0 Å². The van der Waals surface area contributed by atoms with Crippen LogP contribution in [0.15, 0.2) is 11.4 Å². The minimum Gasteiger partial charge on any atom is -0.383 e. The van der Waals surface area contributed by atoms with Crippen LogP contribution in [0, 0.1) is 6.92 Å². The summed E-state index contributed by atoms with van der Waals surface area (Å²) in [5, 5.41) is 12.0. The summed E-state index contributed by atoms with van der Waals surface area (Å²) in [5.74, 6) is 0. The molecule has 0 aliphatic carbocycles. The fraction of sp³-hybridized carbons (Fsp3) is 0.600. The Kier molecular flexibility index (Phi) is 3.47. The van der Waals surface area contributed by atoms with E-state index in [-0.39, 0.29) is 0 Å². The number of aryl methyl sites for hydroxylation is 1. The second-order valence-electron chi connectivity index (χ2n) is 3.36. The summed E-state index contributed by atoms with van der Waals surface area (Å²) in [6.07, 6.45) is 0. The summed E-state index contributed by atoms with van der Waals surface area (Å²) < 4.78 is 5.22. The highest BCUT2D eigenvalue weighted by molar-refractivity contribution is 7.10. The van der Waals surface area contributed by atoms with Gasteiger partial charge in [0.15, 0.2) is 0 Å². The van der Waals surface area contributed by atoms with Crippen LogP contribution in [0.1, 0.15) is 24.3 Å². The lowest BCUT2D eigenvalue weighted by Gasteiger charge is -2.21. The molecule has 1 heterocycles. The van der Waals surface area contributed by atoms with Gasteiger partial charge in [0.25, 0.3) is 0 Å². The molecule has 1 aromatic rings. The zero-order valence-electron chi connectivity index (χ0n) is 8.33. The van der Waals surface area contributed by atoms with E-state index in [2.05, 4.69) is 0 Å². The lowest BCUT2D eigenvalue weighted by molar-refractivity contribution is -0.0340. The van der Waals surface area contributed by atoms with E-state index in [0.717, 1.165) is 5.56 Å². The molecule has 1 unspecified atom stereocenters. The third-order valence-electron chi connectivity index (χ3n) is 1.94. The Morgan fingerprint density at radius 3 is 2.77 bits per heavy atom. The second-order valence-corrected chi connectivity index (χ2v) is 4.47. The Balaban J connectivity index is 2.68. The van der Waals surface area contributed by atoms with Crippen LogP contribution in [-0.2, 0) is 10.3 Å².